The van der Waals surface area contributed by atoms with E-state index >= 15 is 0 Å². The van der Waals surface area contributed by atoms with E-state index in [1.54, 1.807) is 19.2 Å². The molecule has 8 heteroatoms. The largest absolute Gasteiger partial charge is 0.481 e. The molecule has 0 saturated heterocycles. The Labute approximate surface area is 190 Å². The van der Waals surface area contributed by atoms with Gasteiger partial charge in [-0.3, -0.25) is 14.6 Å². The van der Waals surface area contributed by atoms with Crippen LogP contribution in [0.1, 0.15) is 39.8 Å². The Bertz CT molecular complexity index is 1320. The van der Waals surface area contributed by atoms with Gasteiger partial charge >= 0.3 is 5.97 Å². The van der Waals surface area contributed by atoms with Crippen molar-refractivity contribution in [1.82, 2.24) is 20.5 Å². The van der Waals surface area contributed by atoms with Crippen molar-refractivity contribution in [2.24, 2.45) is 0 Å². The van der Waals surface area contributed by atoms with E-state index in [9.17, 15) is 14.7 Å². The maximum atomic E-state index is 13.0. The first kappa shape index (κ1) is 21.9. The van der Waals surface area contributed by atoms with Crippen LogP contribution in [0.3, 0.4) is 0 Å². The molecule has 0 aliphatic heterocycles. The quantitative estimate of drug-likeness (QED) is 0.436. The van der Waals surface area contributed by atoms with Gasteiger partial charge in [0, 0.05) is 30.4 Å². The van der Waals surface area contributed by atoms with Crippen LogP contribution in [0.4, 0.5) is 0 Å². The van der Waals surface area contributed by atoms with E-state index in [1.807, 2.05) is 55.5 Å². The van der Waals surface area contributed by atoms with Gasteiger partial charge in [0.2, 0.25) is 11.8 Å². The predicted octanol–water partition coefficient (Wildman–Crippen LogP) is 4.36. The molecule has 0 aliphatic rings. The first-order valence-electron chi connectivity index (χ1n) is 10.3. The zero-order valence-electron chi connectivity index (χ0n) is 18.1. The van der Waals surface area contributed by atoms with Crippen molar-refractivity contribution in [3.8, 4) is 22.6 Å². The third kappa shape index (κ3) is 5.12. The summed E-state index contributed by atoms with van der Waals surface area (Å²) in [6, 6.07) is 16.0. The Morgan fingerprint density at radius 3 is 2.48 bits per heavy atom. The lowest BCUT2D eigenvalue weighted by atomic mass is 9.98. The molecule has 0 spiro atoms. The third-order valence-electron chi connectivity index (χ3n) is 5.22. The van der Waals surface area contributed by atoms with Crippen LogP contribution in [0.2, 0.25) is 0 Å². The highest BCUT2D eigenvalue weighted by Crippen LogP contribution is 2.26. The summed E-state index contributed by atoms with van der Waals surface area (Å²) in [5, 5.41) is 20.1. The number of rotatable bonds is 7. The number of amides is 1. The summed E-state index contributed by atoms with van der Waals surface area (Å²) >= 11 is 0. The van der Waals surface area contributed by atoms with Gasteiger partial charge in [-0.05, 0) is 41.8 Å². The SMILES string of the molecule is Cc1nnc(-c2cccc(-c3cncc(C(=O)N[C@@H](CC(=O)O)c4ccccc4C)c3)c2)o1. The monoisotopic (exact) mass is 442 g/mol. The fourth-order valence-electron chi connectivity index (χ4n) is 3.60. The van der Waals surface area contributed by atoms with E-state index in [1.165, 1.54) is 6.20 Å². The van der Waals surface area contributed by atoms with Gasteiger partial charge in [0.25, 0.3) is 5.91 Å². The number of hydrogen-bond acceptors (Lipinski definition) is 6. The Morgan fingerprint density at radius 2 is 1.76 bits per heavy atom. The van der Waals surface area contributed by atoms with Gasteiger partial charge < -0.3 is 14.8 Å². The average molecular weight is 442 g/mol. The second-order valence-electron chi connectivity index (χ2n) is 7.65. The van der Waals surface area contributed by atoms with Crippen molar-refractivity contribution >= 4 is 11.9 Å². The number of aliphatic carboxylic acids is 1. The second kappa shape index (κ2) is 9.44. The molecular formula is C25H22N4O4. The highest BCUT2D eigenvalue weighted by molar-refractivity contribution is 5.95. The fourth-order valence-corrected chi connectivity index (χ4v) is 3.60. The van der Waals surface area contributed by atoms with E-state index in [0.29, 0.717) is 17.3 Å². The number of aromatic nitrogens is 3. The molecule has 1 amide bonds. The summed E-state index contributed by atoms with van der Waals surface area (Å²) in [6.07, 6.45) is 2.89. The summed E-state index contributed by atoms with van der Waals surface area (Å²) in [4.78, 5) is 28.7. The summed E-state index contributed by atoms with van der Waals surface area (Å²) in [7, 11) is 0. The van der Waals surface area contributed by atoms with Crippen molar-refractivity contribution in [3.05, 3.63) is 89.6 Å². The van der Waals surface area contributed by atoms with Crippen LogP contribution >= 0.6 is 0 Å². The Hall–Kier alpha value is -4.33. The number of carboxylic acid groups (broad SMARTS) is 1. The molecule has 1 atom stereocenters. The van der Waals surface area contributed by atoms with Gasteiger partial charge in [-0.25, -0.2) is 0 Å². The number of hydrogen-bond donors (Lipinski definition) is 2. The van der Waals surface area contributed by atoms with Gasteiger partial charge in [0.15, 0.2) is 0 Å². The maximum absolute atomic E-state index is 13.0. The maximum Gasteiger partial charge on any atom is 0.305 e. The van der Waals surface area contributed by atoms with Crippen LogP contribution in [-0.4, -0.2) is 32.2 Å². The van der Waals surface area contributed by atoms with Crippen molar-refractivity contribution in [2.45, 2.75) is 26.3 Å². The molecule has 4 rings (SSSR count). The minimum absolute atomic E-state index is 0.227. The highest BCUT2D eigenvalue weighted by Gasteiger charge is 2.21. The molecular weight excluding hydrogens is 420 g/mol. The topological polar surface area (TPSA) is 118 Å². The molecule has 4 aromatic rings. The smallest absolute Gasteiger partial charge is 0.305 e. The van der Waals surface area contributed by atoms with Crippen molar-refractivity contribution in [3.63, 3.8) is 0 Å². The van der Waals surface area contributed by atoms with Gasteiger partial charge in [0.1, 0.15) is 0 Å². The lowest BCUT2D eigenvalue weighted by Gasteiger charge is -2.19. The van der Waals surface area contributed by atoms with Gasteiger partial charge in [-0.1, -0.05) is 36.4 Å². The van der Waals surface area contributed by atoms with E-state index in [4.69, 9.17) is 4.42 Å². The molecule has 0 unspecified atom stereocenters. The summed E-state index contributed by atoms with van der Waals surface area (Å²) in [6.45, 7) is 3.61. The van der Waals surface area contributed by atoms with Crippen molar-refractivity contribution < 1.29 is 19.1 Å². The molecule has 33 heavy (non-hydrogen) atoms. The summed E-state index contributed by atoms with van der Waals surface area (Å²) in [5.74, 6) is -0.516. The van der Waals surface area contributed by atoms with Crippen LogP contribution in [0.25, 0.3) is 22.6 Å². The van der Waals surface area contributed by atoms with E-state index in [0.717, 1.165) is 27.8 Å². The molecule has 8 nitrogen and oxygen atoms in total. The second-order valence-corrected chi connectivity index (χ2v) is 7.65. The molecule has 0 saturated carbocycles. The zero-order chi connectivity index (χ0) is 23.4. The van der Waals surface area contributed by atoms with E-state index in [-0.39, 0.29) is 6.42 Å². The standard InChI is InChI=1S/C25H22N4O4/c1-15-6-3-4-9-21(15)22(12-23(30)31)27-24(32)20-11-19(13-26-14-20)17-7-5-8-18(10-17)25-29-28-16(2)33-25/h3-11,13-14,22H,12H2,1-2H3,(H,27,32)(H,30,31)/t22-/m0/s1. The number of carbonyl (C=O) groups is 2. The van der Waals surface area contributed by atoms with Crippen LogP contribution < -0.4 is 5.32 Å². The molecule has 0 fully saturated rings. The minimum atomic E-state index is -0.997. The highest BCUT2D eigenvalue weighted by atomic mass is 16.4. The molecule has 0 aliphatic carbocycles. The average Bonchev–Trinajstić information content (AvgIpc) is 3.25. The first-order chi connectivity index (χ1) is 15.9. The van der Waals surface area contributed by atoms with Gasteiger partial charge in [-0.15, -0.1) is 10.2 Å². The Kier molecular flexibility index (Phi) is 6.26. The molecule has 166 valence electrons. The van der Waals surface area contributed by atoms with E-state index < -0.39 is 17.9 Å². The summed E-state index contributed by atoms with van der Waals surface area (Å²) in [5.41, 5.74) is 4.31. The fraction of sp³-hybridized carbons (Fsp3) is 0.160. The van der Waals surface area contributed by atoms with Crippen molar-refractivity contribution in [1.29, 1.82) is 0 Å². The number of aryl methyl sites for hydroxylation is 2. The van der Waals surface area contributed by atoms with Crippen LogP contribution in [-0.2, 0) is 4.79 Å². The number of nitrogens with zero attached hydrogens (tertiary/aromatic N) is 3. The molecule has 0 radical (unpaired) electrons. The normalized spacial score (nSPS) is 11.7. The van der Waals surface area contributed by atoms with Gasteiger partial charge in [0.05, 0.1) is 18.0 Å². The minimum Gasteiger partial charge on any atom is -0.481 e. The first-order valence-corrected chi connectivity index (χ1v) is 10.3. The number of nitrogens with one attached hydrogen (secondary N) is 1. The molecule has 2 aromatic heterocycles. The van der Waals surface area contributed by atoms with E-state index in [2.05, 4.69) is 20.5 Å². The number of carbonyl (C=O) groups excluding carboxylic acids is 1. The lowest BCUT2D eigenvalue weighted by Crippen LogP contribution is -2.30. The zero-order valence-corrected chi connectivity index (χ0v) is 18.1. The lowest BCUT2D eigenvalue weighted by molar-refractivity contribution is -0.137. The third-order valence-corrected chi connectivity index (χ3v) is 5.22. The Balaban J connectivity index is 1.60. The molecule has 2 heterocycles. The predicted molar refractivity (Wildman–Crippen MR) is 121 cm³/mol. The van der Waals surface area contributed by atoms with Gasteiger partial charge in [-0.2, -0.15) is 0 Å². The number of carboxylic acids is 1. The molecule has 2 N–H and O–H groups in total. The summed E-state index contributed by atoms with van der Waals surface area (Å²) < 4.78 is 5.50. The van der Waals surface area contributed by atoms with Crippen LogP contribution in [0.15, 0.2) is 71.4 Å². The Morgan fingerprint density at radius 1 is 0.970 bits per heavy atom. The van der Waals surface area contributed by atoms with Crippen LogP contribution in [0.5, 0.6) is 0 Å². The molecule has 2 aromatic carbocycles. The number of benzene rings is 2. The van der Waals surface area contributed by atoms with Crippen LogP contribution in [0, 0.1) is 13.8 Å². The van der Waals surface area contributed by atoms with Crippen molar-refractivity contribution in [2.75, 3.05) is 0 Å². The molecule has 0 bridgehead atoms. The number of pyridine rings is 1.